The average Bonchev–Trinajstić information content (AvgIpc) is 2.84. The summed E-state index contributed by atoms with van der Waals surface area (Å²) in [5, 5.41) is 3.04. The molecule has 0 saturated carbocycles. The highest BCUT2D eigenvalue weighted by atomic mass is 32.2. The SMILES string of the molecule is COC(=O)c1ccc(C(C)Nc2cc(C(F)(F)F)ccc2N(C(C)C)S(=O)(=O)c2ccccc2)cc1. The van der Waals surface area contributed by atoms with Gasteiger partial charge in [0.2, 0.25) is 0 Å². The van der Waals surface area contributed by atoms with Gasteiger partial charge in [-0.3, -0.25) is 4.31 Å². The number of nitrogens with one attached hydrogen (secondary N) is 1. The summed E-state index contributed by atoms with van der Waals surface area (Å²) in [5.74, 6) is -0.513. The maximum Gasteiger partial charge on any atom is 0.416 e. The number of hydrogen-bond acceptors (Lipinski definition) is 5. The third-order valence-corrected chi connectivity index (χ3v) is 7.54. The molecule has 0 bridgehead atoms. The molecular formula is C26H27F3N2O4S. The number of nitrogens with zero attached hydrogens (tertiary/aromatic N) is 1. The minimum Gasteiger partial charge on any atom is -0.465 e. The number of anilines is 2. The number of halogens is 3. The lowest BCUT2D eigenvalue weighted by Crippen LogP contribution is -2.37. The molecule has 0 saturated heterocycles. The van der Waals surface area contributed by atoms with Crippen molar-refractivity contribution in [3.8, 4) is 0 Å². The Kier molecular flexibility index (Phi) is 7.98. The number of hydrogen-bond donors (Lipinski definition) is 1. The number of benzene rings is 3. The number of alkyl halides is 3. The number of methoxy groups -OCH3 is 1. The average molecular weight is 521 g/mol. The molecule has 0 heterocycles. The molecule has 0 aliphatic rings. The number of carbonyl (C=O) groups is 1. The van der Waals surface area contributed by atoms with Crippen molar-refractivity contribution in [2.24, 2.45) is 0 Å². The van der Waals surface area contributed by atoms with E-state index in [9.17, 15) is 26.4 Å². The van der Waals surface area contributed by atoms with Crippen molar-refractivity contribution in [3.63, 3.8) is 0 Å². The molecule has 0 radical (unpaired) electrons. The van der Waals surface area contributed by atoms with Crippen LogP contribution in [0.25, 0.3) is 0 Å². The van der Waals surface area contributed by atoms with Gasteiger partial charge in [-0.2, -0.15) is 13.2 Å². The van der Waals surface area contributed by atoms with E-state index in [2.05, 4.69) is 10.1 Å². The standard InChI is InChI=1S/C26H27F3N2O4S/c1-17(2)31(36(33,34)22-8-6-5-7-9-22)24-15-14-21(26(27,28)29)16-23(24)30-18(3)19-10-12-20(13-11-19)25(32)35-4/h5-18,30H,1-4H3. The summed E-state index contributed by atoms with van der Waals surface area (Å²) in [6.45, 7) is 5.02. The Bertz CT molecular complexity index is 1310. The summed E-state index contributed by atoms with van der Waals surface area (Å²) in [7, 11) is -2.82. The lowest BCUT2D eigenvalue weighted by Gasteiger charge is -2.31. The topological polar surface area (TPSA) is 75.7 Å². The van der Waals surface area contributed by atoms with Crippen molar-refractivity contribution in [1.29, 1.82) is 0 Å². The van der Waals surface area contributed by atoms with Crippen LogP contribution in [0.3, 0.4) is 0 Å². The van der Waals surface area contributed by atoms with E-state index in [1.54, 1.807) is 63.2 Å². The molecule has 0 spiro atoms. The van der Waals surface area contributed by atoms with Gasteiger partial charge < -0.3 is 10.1 Å². The Hall–Kier alpha value is -3.53. The third kappa shape index (κ3) is 5.81. The van der Waals surface area contributed by atoms with Gasteiger partial charge in [-0.15, -0.1) is 0 Å². The highest BCUT2D eigenvalue weighted by Crippen LogP contribution is 2.39. The normalized spacial score (nSPS) is 12.8. The molecule has 0 aliphatic heterocycles. The minimum absolute atomic E-state index is 0.00238. The lowest BCUT2D eigenvalue weighted by molar-refractivity contribution is -0.137. The van der Waals surface area contributed by atoms with E-state index in [0.29, 0.717) is 11.1 Å². The molecule has 0 amide bonds. The summed E-state index contributed by atoms with van der Waals surface area (Å²) in [6.07, 6.45) is -4.62. The molecule has 192 valence electrons. The van der Waals surface area contributed by atoms with Crippen molar-refractivity contribution >= 4 is 27.4 Å². The fourth-order valence-corrected chi connectivity index (χ4v) is 5.46. The third-order valence-electron chi connectivity index (χ3n) is 5.53. The molecule has 1 N–H and O–H groups in total. The quantitative estimate of drug-likeness (QED) is 0.355. The van der Waals surface area contributed by atoms with Crippen molar-refractivity contribution in [2.75, 3.05) is 16.7 Å². The summed E-state index contributed by atoms with van der Waals surface area (Å²) >= 11 is 0. The zero-order valence-corrected chi connectivity index (χ0v) is 21.0. The van der Waals surface area contributed by atoms with E-state index in [1.165, 1.54) is 25.3 Å². The van der Waals surface area contributed by atoms with E-state index in [0.717, 1.165) is 16.4 Å². The summed E-state index contributed by atoms with van der Waals surface area (Å²) < 4.78 is 73.6. The minimum atomic E-state index is -4.62. The number of sulfonamides is 1. The molecule has 0 aliphatic carbocycles. The Labute approximate surface area is 208 Å². The van der Waals surface area contributed by atoms with Gasteiger partial charge in [0, 0.05) is 12.1 Å². The molecule has 36 heavy (non-hydrogen) atoms. The van der Waals surface area contributed by atoms with E-state index in [-0.39, 0.29) is 16.3 Å². The predicted molar refractivity (Wildman–Crippen MR) is 133 cm³/mol. The first-order chi connectivity index (χ1) is 16.9. The van der Waals surface area contributed by atoms with Crippen LogP contribution in [-0.2, 0) is 20.9 Å². The second kappa shape index (κ2) is 10.6. The largest absolute Gasteiger partial charge is 0.465 e. The Morgan fingerprint density at radius 1 is 0.944 bits per heavy atom. The van der Waals surface area contributed by atoms with E-state index < -0.39 is 39.8 Å². The molecule has 3 rings (SSSR count). The lowest BCUT2D eigenvalue weighted by atomic mass is 10.0. The first-order valence-electron chi connectivity index (χ1n) is 11.1. The maximum atomic E-state index is 13.6. The fraction of sp³-hybridized carbons (Fsp3) is 0.269. The highest BCUT2D eigenvalue weighted by molar-refractivity contribution is 7.92. The molecular weight excluding hydrogens is 493 g/mol. The van der Waals surface area contributed by atoms with Gasteiger partial charge in [-0.05, 0) is 68.8 Å². The second-order valence-corrected chi connectivity index (χ2v) is 10.2. The van der Waals surface area contributed by atoms with Crippen LogP contribution in [-0.4, -0.2) is 27.5 Å². The van der Waals surface area contributed by atoms with Gasteiger partial charge in [0.25, 0.3) is 10.0 Å². The first kappa shape index (κ1) is 27.1. The van der Waals surface area contributed by atoms with Crippen LogP contribution in [0.5, 0.6) is 0 Å². The molecule has 0 aromatic heterocycles. The monoisotopic (exact) mass is 520 g/mol. The second-order valence-electron chi connectivity index (χ2n) is 8.42. The highest BCUT2D eigenvalue weighted by Gasteiger charge is 2.34. The van der Waals surface area contributed by atoms with Gasteiger partial charge >= 0.3 is 12.1 Å². The summed E-state index contributed by atoms with van der Waals surface area (Å²) in [4.78, 5) is 11.7. The number of ether oxygens (including phenoxy) is 1. The molecule has 1 atom stereocenters. The van der Waals surface area contributed by atoms with Crippen molar-refractivity contribution < 1.29 is 31.1 Å². The van der Waals surface area contributed by atoms with Gasteiger partial charge in [-0.25, -0.2) is 13.2 Å². The molecule has 0 fully saturated rings. The Morgan fingerprint density at radius 3 is 2.08 bits per heavy atom. The van der Waals surface area contributed by atoms with Crippen molar-refractivity contribution in [3.05, 3.63) is 89.5 Å². The molecule has 1 unspecified atom stereocenters. The van der Waals surface area contributed by atoms with Crippen LogP contribution in [0.1, 0.15) is 48.3 Å². The van der Waals surface area contributed by atoms with Crippen LogP contribution in [0.15, 0.2) is 77.7 Å². The fourth-order valence-electron chi connectivity index (χ4n) is 3.75. The van der Waals surface area contributed by atoms with Crippen LogP contribution in [0, 0.1) is 0 Å². The van der Waals surface area contributed by atoms with Gasteiger partial charge in [-0.1, -0.05) is 30.3 Å². The summed E-state index contributed by atoms with van der Waals surface area (Å²) in [5.41, 5.74) is 0.173. The maximum absolute atomic E-state index is 13.6. The van der Waals surface area contributed by atoms with Crippen molar-refractivity contribution in [2.45, 2.75) is 43.9 Å². The molecule has 6 nitrogen and oxygen atoms in total. The van der Waals surface area contributed by atoms with Gasteiger partial charge in [0.1, 0.15) is 0 Å². The van der Waals surface area contributed by atoms with Crippen LogP contribution >= 0.6 is 0 Å². The summed E-state index contributed by atoms with van der Waals surface area (Å²) in [6, 6.07) is 15.9. The van der Waals surface area contributed by atoms with E-state index >= 15 is 0 Å². The Morgan fingerprint density at radius 2 is 1.56 bits per heavy atom. The number of esters is 1. The van der Waals surface area contributed by atoms with Crippen LogP contribution in [0.4, 0.5) is 24.5 Å². The van der Waals surface area contributed by atoms with Gasteiger partial charge in [0.05, 0.1) is 34.5 Å². The van der Waals surface area contributed by atoms with E-state index in [1.807, 2.05) is 0 Å². The van der Waals surface area contributed by atoms with E-state index in [4.69, 9.17) is 0 Å². The smallest absolute Gasteiger partial charge is 0.416 e. The van der Waals surface area contributed by atoms with Crippen LogP contribution in [0.2, 0.25) is 0 Å². The zero-order valence-electron chi connectivity index (χ0n) is 20.2. The van der Waals surface area contributed by atoms with Crippen LogP contribution < -0.4 is 9.62 Å². The first-order valence-corrected chi connectivity index (χ1v) is 12.6. The van der Waals surface area contributed by atoms with Crippen molar-refractivity contribution in [1.82, 2.24) is 0 Å². The molecule has 3 aromatic rings. The van der Waals surface area contributed by atoms with Gasteiger partial charge in [0.15, 0.2) is 0 Å². The number of rotatable bonds is 8. The molecule has 10 heteroatoms. The Balaban J connectivity index is 2.09. The zero-order chi connectivity index (χ0) is 26.7. The predicted octanol–water partition coefficient (Wildman–Crippen LogP) is 6.27. The molecule has 3 aromatic carbocycles. The number of carbonyl (C=O) groups excluding carboxylic acids is 1.